The van der Waals surface area contributed by atoms with Crippen molar-refractivity contribution in [3.8, 4) is 16.9 Å². The Hall–Kier alpha value is -1.25. The van der Waals surface area contributed by atoms with Gasteiger partial charge in [-0.15, -0.1) is 0 Å². The molecule has 0 spiro atoms. The summed E-state index contributed by atoms with van der Waals surface area (Å²) >= 11 is -0.683. The molecule has 0 saturated carbocycles. The molecule has 1 aliphatic carbocycles. The van der Waals surface area contributed by atoms with Crippen molar-refractivity contribution < 1.29 is 47.7 Å². The maximum absolute atomic E-state index is 6.71. The van der Waals surface area contributed by atoms with Crippen LogP contribution in [0.1, 0.15) is 66.0 Å². The molecule has 0 aromatic heterocycles. The smallest absolute Gasteiger partial charge is 1.00 e. The van der Waals surface area contributed by atoms with Gasteiger partial charge in [-0.3, -0.25) is 0 Å². The first-order valence-electron chi connectivity index (χ1n) is 9.81. The van der Waals surface area contributed by atoms with Crippen LogP contribution in [0.15, 0.2) is 66.7 Å². The van der Waals surface area contributed by atoms with Crippen molar-refractivity contribution in [2.24, 2.45) is 0 Å². The van der Waals surface area contributed by atoms with Crippen molar-refractivity contribution in [3.63, 3.8) is 0 Å². The Kier molecular flexibility index (Phi) is 8.43. The summed E-state index contributed by atoms with van der Waals surface area (Å²) in [5, 5.41) is 0. The molecule has 0 bridgehead atoms. The van der Waals surface area contributed by atoms with Gasteiger partial charge in [0.05, 0.1) is 0 Å². The summed E-state index contributed by atoms with van der Waals surface area (Å²) in [5.41, 5.74) is 8.31. The normalized spacial score (nSPS) is 11.9. The molecule has 150 valence electrons. The topological polar surface area (TPSA) is 9.23 Å². The minimum Gasteiger partial charge on any atom is -1.00 e. The van der Waals surface area contributed by atoms with Crippen molar-refractivity contribution >= 4 is 0 Å². The first kappa shape index (κ1) is 24.0. The van der Waals surface area contributed by atoms with E-state index in [1.165, 1.54) is 33.4 Å². The van der Waals surface area contributed by atoms with Gasteiger partial charge in [0.1, 0.15) is 0 Å². The minimum absolute atomic E-state index is 0. The molecule has 0 amide bonds. The predicted molar refractivity (Wildman–Crippen MR) is 109 cm³/mol. The molecule has 4 heteroatoms. The quantitative estimate of drug-likeness (QED) is 0.518. The second kappa shape index (κ2) is 10.2. The van der Waals surface area contributed by atoms with Crippen LogP contribution in [-0.4, -0.2) is 0 Å². The van der Waals surface area contributed by atoms with Crippen molar-refractivity contribution in [1.82, 2.24) is 0 Å². The maximum Gasteiger partial charge on any atom is -1.00 e. The molecule has 0 aliphatic heterocycles. The standard InChI is InChI=1S/C13H9.C12H18O.2ClH.Ti/c1-3-7-12-10(5-1)9-11-6-2-4-8-13(11)12;1-8(2)10-6-5-7-11(9(3)4)12(10)13;;;/h1-9H;5-9,13H,1-4H3;2*1H;/q;;;;+3/p-3. The summed E-state index contributed by atoms with van der Waals surface area (Å²) in [4.78, 5) is 0. The fraction of sp³-hybridized carbons (Fsp3) is 0.280. The van der Waals surface area contributed by atoms with Crippen molar-refractivity contribution in [2.75, 3.05) is 0 Å². The number of hydrogen-bond acceptors (Lipinski definition) is 1. The molecule has 29 heavy (non-hydrogen) atoms. The Morgan fingerprint density at radius 1 is 0.655 bits per heavy atom. The largest absolute Gasteiger partial charge is 1.00 e. The second-order valence-corrected chi connectivity index (χ2v) is 9.49. The van der Waals surface area contributed by atoms with E-state index in [1.807, 2.05) is 0 Å². The van der Waals surface area contributed by atoms with E-state index in [0.717, 1.165) is 5.75 Å². The van der Waals surface area contributed by atoms with Gasteiger partial charge in [0.15, 0.2) is 0 Å². The number of hydrogen-bond donors (Lipinski definition) is 0. The zero-order valence-corrected chi connectivity index (χ0v) is 20.3. The molecule has 0 N–H and O–H groups in total. The van der Waals surface area contributed by atoms with Gasteiger partial charge < -0.3 is 24.8 Å². The molecule has 0 heterocycles. The number of fused-ring (bicyclic) bond motifs is 3. The number of para-hydroxylation sites is 1. The molecule has 0 fully saturated rings. The minimum atomic E-state index is -0.683. The van der Waals surface area contributed by atoms with E-state index in [9.17, 15) is 0 Å². The molecule has 0 atom stereocenters. The zero-order valence-electron chi connectivity index (χ0n) is 17.2. The van der Waals surface area contributed by atoms with Crippen LogP contribution < -0.4 is 28.1 Å². The molecule has 0 unspecified atom stereocenters. The van der Waals surface area contributed by atoms with Gasteiger partial charge in [-0.2, -0.15) is 0 Å². The molecule has 0 saturated heterocycles. The van der Waals surface area contributed by atoms with Crippen LogP contribution in [0.4, 0.5) is 0 Å². The van der Waals surface area contributed by atoms with Crippen molar-refractivity contribution in [3.05, 3.63) is 89.0 Å². The van der Waals surface area contributed by atoms with Crippen LogP contribution in [0.3, 0.4) is 0 Å². The van der Waals surface area contributed by atoms with Crippen LogP contribution in [0, 0.1) is 0 Å². The van der Waals surface area contributed by atoms with Crippen molar-refractivity contribution in [2.45, 2.75) is 43.8 Å². The molecular formula is C25H26Cl2OTi. The van der Waals surface area contributed by atoms with Gasteiger partial charge in [-0.25, -0.2) is 0 Å². The van der Waals surface area contributed by atoms with Gasteiger partial charge in [0, 0.05) is 0 Å². The maximum atomic E-state index is 6.71. The summed E-state index contributed by atoms with van der Waals surface area (Å²) in [6.45, 7) is 9.03. The first-order chi connectivity index (χ1) is 13.1. The van der Waals surface area contributed by atoms with Crippen LogP contribution >= 0.6 is 0 Å². The summed E-state index contributed by atoms with van der Waals surface area (Å²) in [6, 6.07) is 24.3. The van der Waals surface area contributed by atoms with Crippen molar-refractivity contribution in [1.29, 1.82) is 0 Å². The molecular weight excluding hydrogens is 435 g/mol. The second-order valence-electron chi connectivity index (χ2n) is 7.90. The van der Waals surface area contributed by atoms with E-state index >= 15 is 0 Å². The molecule has 0 radical (unpaired) electrons. The molecule has 1 aliphatic rings. The fourth-order valence-corrected chi connectivity index (χ4v) is 5.92. The Morgan fingerprint density at radius 3 is 1.55 bits per heavy atom. The number of benzene rings is 3. The molecule has 3 aromatic carbocycles. The average Bonchev–Trinajstić information content (AvgIpc) is 3.00. The van der Waals surface area contributed by atoms with E-state index in [-0.39, 0.29) is 24.8 Å². The van der Waals surface area contributed by atoms with Crippen LogP contribution in [0.2, 0.25) is 0 Å². The van der Waals surface area contributed by atoms with E-state index in [1.54, 1.807) is 0 Å². The number of rotatable bonds is 5. The van der Waals surface area contributed by atoms with Crippen LogP contribution in [0.5, 0.6) is 5.75 Å². The van der Waals surface area contributed by atoms with E-state index in [2.05, 4.69) is 94.4 Å². The zero-order chi connectivity index (χ0) is 19.0. The molecule has 4 rings (SSSR count). The monoisotopic (exact) mass is 460 g/mol. The number of halogens is 2. The third-order valence-electron chi connectivity index (χ3n) is 5.43. The third-order valence-corrected chi connectivity index (χ3v) is 7.27. The van der Waals surface area contributed by atoms with Gasteiger partial charge in [-0.1, -0.05) is 0 Å². The van der Waals surface area contributed by atoms with Crippen LogP contribution in [0.25, 0.3) is 11.1 Å². The summed E-state index contributed by atoms with van der Waals surface area (Å²) in [7, 11) is 0. The van der Waals surface area contributed by atoms with Gasteiger partial charge in [0.25, 0.3) is 0 Å². The van der Waals surface area contributed by atoms with E-state index < -0.39 is 19.5 Å². The van der Waals surface area contributed by atoms with E-state index in [0.29, 0.717) is 16.1 Å². The Bertz CT molecular complexity index is 897. The first-order valence-corrected chi connectivity index (χ1v) is 11.3. The fourth-order valence-electron chi connectivity index (χ4n) is 4.00. The summed E-state index contributed by atoms with van der Waals surface area (Å²) in [6.07, 6.45) is 0. The summed E-state index contributed by atoms with van der Waals surface area (Å²) in [5.74, 6) is 2.08. The van der Waals surface area contributed by atoms with Crippen LogP contribution in [-0.2, 0) is 19.5 Å². The Labute approximate surface area is 196 Å². The average molecular weight is 461 g/mol. The SMILES string of the molecule is CC(C)c1cccc(C(C)C)c1[O][Ti+2][CH]1c2ccccc2-c2ccccc21.[Cl-].[Cl-]. The predicted octanol–water partition coefficient (Wildman–Crippen LogP) is 1.09. The van der Waals surface area contributed by atoms with Gasteiger partial charge in [-0.05, 0) is 0 Å². The Balaban J connectivity index is 0.00000150. The van der Waals surface area contributed by atoms with E-state index in [4.69, 9.17) is 3.32 Å². The Morgan fingerprint density at radius 2 is 1.10 bits per heavy atom. The van der Waals surface area contributed by atoms with Gasteiger partial charge in [0.2, 0.25) is 0 Å². The van der Waals surface area contributed by atoms with Gasteiger partial charge >= 0.3 is 172 Å². The molecule has 3 aromatic rings. The molecule has 1 nitrogen and oxygen atoms in total. The summed E-state index contributed by atoms with van der Waals surface area (Å²) < 4.78 is 7.13. The third kappa shape index (κ3) is 4.59.